The summed E-state index contributed by atoms with van der Waals surface area (Å²) in [5.41, 5.74) is 7.03. The van der Waals surface area contributed by atoms with Crippen molar-refractivity contribution in [1.29, 1.82) is 5.26 Å². The summed E-state index contributed by atoms with van der Waals surface area (Å²) in [5.74, 6) is 0.409. The van der Waals surface area contributed by atoms with Crippen LogP contribution in [0.5, 0.6) is 0 Å². The molecule has 0 aliphatic rings. The lowest BCUT2D eigenvalue weighted by atomic mass is 10.1. The number of para-hydroxylation sites is 2. The Morgan fingerprint density at radius 2 is 1.82 bits per heavy atom. The second kappa shape index (κ2) is 8.72. The van der Waals surface area contributed by atoms with Crippen LogP contribution in [0.2, 0.25) is 0 Å². The van der Waals surface area contributed by atoms with E-state index in [0.29, 0.717) is 11.4 Å². The second-order valence-electron chi connectivity index (χ2n) is 8.35. The first-order valence-corrected chi connectivity index (χ1v) is 11.0. The number of carbonyl (C=O) groups is 1. The summed E-state index contributed by atoms with van der Waals surface area (Å²) >= 11 is 0. The number of hydrogen-bond acceptors (Lipinski definition) is 3. The highest BCUT2D eigenvalue weighted by Crippen LogP contribution is 2.27. The minimum Gasteiger partial charge on any atom is -0.337 e. The topological polar surface area (TPSA) is 86.5 Å². The van der Waals surface area contributed by atoms with Gasteiger partial charge in [0.2, 0.25) is 5.91 Å². The highest BCUT2D eigenvalue weighted by molar-refractivity contribution is 5.99. The highest BCUT2D eigenvalue weighted by Gasteiger charge is 2.14. The van der Waals surface area contributed by atoms with E-state index in [1.807, 2.05) is 90.5 Å². The highest BCUT2D eigenvalue weighted by atomic mass is 16.1. The van der Waals surface area contributed by atoms with Gasteiger partial charge in [-0.15, -0.1) is 0 Å². The zero-order chi connectivity index (χ0) is 23.7. The van der Waals surface area contributed by atoms with Gasteiger partial charge in [-0.05, 0) is 61.4 Å². The summed E-state index contributed by atoms with van der Waals surface area (Å²) in [6, 6.07) is 23.6. The molecule has 2 heterocycles. The fourth-order valence-corrected chi connectivity index (χ4v) is 4.10. The van der Waals surface area contributed by atoms with Gasteiger partial charge in [0.05, 0.1) is 16.6 Å². The Balaban J connectivity index is 1.51. The van der Waals surface area contributed by atoms with Crippen LogP contribution in [-0.4, -0.2) is 20.4 Å². The molecule has 5 rings (SSSR count). The van der Waals surface area contributed by atoms with Crippen molar-refractivity contribution in [3.63, 3.8) is 0 Å². The quantitative estimate of drug-likeness (QED) is 0.333. The Bertz CT molecular complexity index is 1560. The van der Waals surface area contributed by atoms with E-state index in [4.69, 9.17) is 0 Å². The number of fused-ring (bicyclic) bond motifs is 2. The average Bonchev–Trinajstić information content (AvgIpc) is 3.39. The molecule has 0 radical (unpaired) electrons. The van der Waals surface area contributed by atoms with E-state index in [-0.39, 0.29) is 12.5 Å². The molecule has 0 saturated carbocycles. The van der Waals surface area contributed by atoms with Gasteiger partial charge >= 0.3 is 0 Å². The van der Waals surface area contributed by atoms with Gasteiger partial charge in [0.25, 0.3) is 0 Å². The molecule has 6 heteroatoms. The molecule has 1 amide bonds. The summed E-state index contributed by atoms with van der Waals surface area (Å²) < 4.78 is 1.90. The molecule has 0 spiro atoms. The molecule has 0 aliphatic heterocycles. The molecule has 0 bridgehead atoms. The predicted molar refractivity (Wildman–Crippen MR) is 136 cm³/mol. The van der Waals surface area contributed by atoms with Gasteiger partial charge in [-0.1, -0.05) is 36.4 Å². The minimum atomic E-state index is -0.119. The standard InChI is InChI=1S/C28H23N5O/c1-18-12-24-25(13-19(18)2)32-28(31-24)20(15-29)14-21-16-33(26-11-7-6-10-23(21)26)17-27(34)30-22-8-4-3-5-9-22/h3-14,16H,17H2,1-2H3,(H,30,34)(H,31,32)/b20-14+. The zero-order valence-corrected chi connectivity index (χ0v) is 19.0. The molecule has 0 saturated heterocycles. The molecule has 2 aromatic heterocycles. The molecule has 0 unspecified atom stereocenters. The van der Waals surface area contributed by atoms with Crippen LogP contribution in [0.15, 0.2) is 72.9 Å². The molecule has 0 atom stereocenters. The number of aromatic nitrogens is 3. The number of nitrogens with zero attached hydrogens (tertiary/aromatic N) is 3. The normalized spacial score (nSPS) is 11.6. The number of amides is 1. The van der Waals surface area contributed by atoms with Crippen molar-refractivity contribution in [3.05, 3.63) is 95.4 Å². The number of carbonyl (C=O) groups excluding carboxylic acids is 1. The Morgan fingerprint density at radius 3 is 2.62 bits per heavy atom. The third kappa shape index (κ3) is 4.07. The molecule has 0 aliphatic carbocycles. The van der Waals surface area contributed by atoms with E-state index >= 15 is 0 Å². The minimum absolute atomic E-state index is 0.119. The first-order chi connectivity index (χ1) is 16.5. The Hall–Kier alpha value is -4.63. The molecule has 0 fully saturated rings. The number of aromatic amines is 1. The maximum absolute atomic E-state index is 12.7. The SMILES string of the molecule is Cc1cc2nc(/C(C#N)=C/c3cn(CC(=O)Nc4ccccc4)c4ccccc34)[nH]c2cc1C. The Kier molecular flexibility index (Phi) is 5.44. The van der Waals surface area contributed by atoms with Crippen molar-refractivity contribution >= 4 is 45.2 Å². The van der Waals surface area contributed by atoms with Gasteiger partial charge in [-0.3, -0.25) is 4.79 Å². The molecule has 2 N–H and O–H groups in total. The van der Waals surface area contributed by atoms with Crippen LogP contribution < -0.4 is 5.32 Å². The lowest BCUT2D eigenvalue weighted by Gasteiger charge is -2.07. The molecule has 5 aromatic rings. The molecule has 34 heavy (non-hydrogen) atoms. The number of allylic oxidation sites excluding steroid dienone is 1. The smallest absolute Gasteiger partial charge is 0.244 e. The van der Waals surface area contributed by atoms with Gasteiger partial charge in [0, 0.05) is 28.4 Å². The number of anilines is 1. The Labute approximate surface area is 197 Å². The lowest BCUT2D eigenvalue weighted by Crippen LogP contribution is -2.18. The number of rotatable bonds is 5. The van der Waals surface area contributed by atoms with Crippen molar-refractivity contribution < 1.29 is 4.79 Å². The molecular weight excluding hydrogens is 422 g/mol. The summed E-state index contributed by atoms with van der Waals surface area (Å²) in [6.07, 6.45) is 3.73. The second-order valence-corrected chi connectivity index (χ2v) is 8.35. The largest absolute Gasteiger partial charge is 0.337 e. The number of hydrogen-bond donors (Lipinski definition) is 2. The summed E-state index contributed by atoms with van der Waals surface area (Å²) in [7, 11) is 0. The Morgan fingerprint density at radius 1 is 1.09 bits per heavy atom. The van der Waals surface area contributed by atoms with Crippen molar-refractivity contribution in [2.45, 2.75) is 20.4 Å². The summed E-state index contributed by atoms with van der Waals surface area (Å²) in [5, 5.41) is 13.8. The first-order valence-electron chi connectivity index (χ1n) is 11.0. The van der Waals surface area contributed by atoms with Gasteiger partial charge < -0.3 is 14.9 Å². The van der Waals surface area contributed by atoms with Gasteiger partial charge in [-0.25, -0.2) is 4.98 Å². The lowest BCUT2D eigenvalue weighted by molar-refractivity contribution is -0.116. The van der Waals surface area contributed by atoms with Gasteiger partial charge in [0.1, 0.15) is 18.4 Å². The monoisotopic (exact) mass is 445 g/mol. The van der Waals surface area contributed by atoms with Crippen LogP contribution in [0.4, 0.5) is 5.69 Å². The van der Waals surface area contributed by atoms with E-state index in [1.54, 1.807) is 0 Å². The number of nitriles is 1. The predicted octanol–water partition coefficient (Wildman–Crippen LogP) is 5.84. The maximum atomic E-state index is 12.7. The van der Waals surface area contributed by atoms with Crippen LogP contribution in [-0.2, 0) is 11.3 Å². The fraction of sp³-hybridized carbons (Fsp3) is 0.107. The van der Waals surface area contributed by atoms with E-state index in [2.05, 4.69) is 28.3 Å². The fourth-order valence-electron chi connectivity index (χ4n) is 4.10. The van der Waals surface area contributed by atoms with E-state index in [1.165, 1.54) is 5.56 Å². The number of H-pyrrole nitrogens is 1. The van der Waals surface area contributed by atoms with Crippen LogP contribution in [0.25, 0.3) is 33.6 Å². The van der Waals surface area contributed by atoms with Crippen molar-refractivity contribution in [1.82, 2.24) is 14.5 Å². The maximum Gasteiger partial charge on any atom is 0.244 e. The average molecular weight is 446 g/mol. The van der Waals surface area contributed by atoms with Gasteiger partial charge in [0.15, 0.2) is 0 Å². The number of nitrogens with one attached hydrogen (secondary N) is 2. The van der Waals surface area contributed by atoms with Crippen LogP contribution in [0.1, 0.15) is 22.5 Å². The van der Waals surface area contributed by atoms with Crippen molar-refractivity contribution in [3.8, 4) is 6.07 Å². The van der Waals surface area contributed by atoms with Crippen molar-refractivity contribution in [2.24, 2.45) is 0 Å². The van der Waals surface area contributed by atoms with Crippen LogP contribution in [0.3, 0.4) is 0 Å². The van der Waals surface area contributed by atoms with E-state index < -0.39 is 0 Å². The third-order valence-electron chi connectivity index (χ3n) is 5.96. The number of imidazole rings is 1. The zero-order valence-electron chi connectivity index (χ0n) is 19.0. The summed E-state index contributed by atoms with van der Waals surface area (Å²) in [4.78, 5) is 20.6. The number of aryl methyl sites for hydroxylation is 2. The first kappa shape index (κ1) is 21.2. The van der Waals surface area contributed by atoms with E-state index in [9.17, 15) is 10.1 Å². The summed E-state index contributed by atoms with van der Waals surface area (Å²) in [6.45, 7) is 4.26. The van der Waals surface area contributed by atoms with Crippen molar-refractivity contribution in [2.75, 3.05) is 5.32 Å². The van der Waals surface area contributed by atoms with E-state index in [0.717, 1.165) is 38.8 Å². The molecule has 166 valence electrons. The third-order valence-corrected chi connectivity index (χ3v) is 5.96. The molecular formula is C28H23N5O. The van der Waals surface area contributed by atoms with Crippen LogP contribution >= 0.6 is 0 Å². The van der Waals surface area contributed by atoms with Crippen LogP contribution in [0, 0.1) is 25.2 Å². The van der Waals surface area contributed by atoms with Gasteiger partial charge in [-0.2, -0.15) is 5.26 Å². The molecule has 6 nitrogen and oxygen atoms in total. The molecule has 3 aromatic carbocycles. The number of benzene rings is 3.